The van der Waals surface area contributed by atoms with Gasteiger partial charge in [-0.25, -0.2) is 0 Å². The molecule has 2 aromatic rings. The summed E-state index contributed by atoms with van der Waals surface area (Å²) in [5.74, 6) is 0.686. The molecule has 1 N–H and O–H groups in total. The van der Waals surface area contributed by atoms with Crippen molar-refractivity contribution in [3.05, 3.63) is 65.7 Å². The highest BCUT2D eigenvalue weighted by atomic mass is 16.5. The molecule has 3 heteroatoms. The van der Waals surface area contributed by atoms with E-state index in [-0.39, 0.29) is 5.91 Å². The van der Waals surface area contributed by atoms with Crippen LogP contribution < -0.4 is 10.1 Å². The lowest BCUT2D eigenvalue weighted by Gasteiger charge is -2.10. The minimum atomic E-state index is -0.144. The average molecular weight is 295 g/mol. The van der Waals surface area contributed by atoms with Gasteiger partial charge in [0.1, 0.15) is 5.75 Å². The molecule has 0 saturated carbocycles. The first-order valence-electron chi connectivity index (χ1n) is 7.46. The third-order valence-corrected chi connectivity index (χ3v) is 3.16. The Labute approximate surface area is 131 Å². The molecule has 0 aromatic heterocycles. The van der Waals surface area contributed by atoms with E-state index in [1.165, 1.54) is 6.08 Å². The van der Waals surface area contributed by atoms with Gasteiger partial charge in [-0.3, -0.25) is 4.79 Å². The Balaban J connectivity index is 1.98. The van der Waals surface area contributed by atoms with Gasteiger partial charge in [-0.15, -0.1) is 0 Å². The van der Waals surface area contributed by atoms with Gasteiger partial charge in [0.15, 0.2) is 0 Å². The number of hydrogen-bond donors (Lipinski definition) is 1. The van der Waals surface area contributed by atoms with E-state index in [9.17, 15) is 4.79 Å². The standard InChI is InChI=1S/C19H21NO2/c1-3-13-22-17-10-11-18(15(2)14-17)20-19(21)12-9-16-7-5-4-6-8-16/h4-12,14H,3,13H2,1-2H3,(H,20,21)/b12-9+. The summed E-state index contributed by atoms with van der Waals surface area (Å²) in [6, 6.07) is 15.4. The molecule has 0 unspecified atom stereocenters. The molecule has 0 atom stereocenters. The lowest BCUT2D eigenvalue weighted by Crippen LogP contribution is -2.09. The van der Waals surface area contributed by atoms with Crippen molar-refractivity contribution >= 4 is 17.7 Å². The number of ether oxygens (including phenoxy) is 1. The molecule has 0 heterocycles. The summed E-state index contributed by atoms with van der Waals surface area (Å²) < 4.78 is 5.57. The van der Waals surface area contributed by atoms with Crippen molar-refractivity contribution < 1.29 is 9.53 Å². The van der Waals surface area contributed by atoms with Gasteiger partial charge in [-0.05, 0) is 48.7 Å². The number of nitrogens with one attached hydrogen (secondary N) is 1. The summed E-state index contributed by atoms with van der Waals surface area (Å²) in [6.45, 7) is 4.72. The van der Waals surface area contributed by atoms with Crippen LogP contribution in [0.4, 0.5) is 5.69 Å². The van der Waals surface area contributed by atoms with Crippen molar-refractivity contribution in [2.24, 2.45) is 0 Å². The fraction of sp³-hybridized carbons (Fsp3) is 0.211. The Hall–Kier alpha value is -2.55. The monoisotopic (exact) mass is 295 g/mol. The second-order valence-electron chi connectivity index (χ2n) is 5.06. The molecule has 114 valence electrons. The largest absolute Gasteiger partial charge is 0.494 e. The van der Waals surface area contributed by atoms with E-state index in [0.717, 1.165) is 29.0 Å². The van der Waals surface area contributed by atoms with Crippen molar-refractivity contribution in [1.29, 1.82) is 0 Å². The Kier molecular flexibility index (Phi) is 5.78. The van der Waals surface area contributed by atoms with E-state index in [0.29, 0.717) is 6.61 Å². The molecule has 0 saturated heterocycles. The Bertz CT molecular complexity index is 648. The normalized spacial score (nSPS) is 10.6. The van der Waals surface area contributed by atoms with Gasteiger partial charge in [-0.2, -0.15) is 0 Å². The highest BCUT2D eigenvalue weighted by Crippen LogP contribution is 2.21. The zero-order valence-electron chi connectivity index (χ0n) is 13.0. The van der Waals surface area contributed by atoms with E-state index in [1.807, 2.05) is 55.5 Å². The van der Waals surface area contributed by atoms with E-state index < -0.39 is 0 Å². The van der Waals surface area contributed by atoms with E-state index in [2.05, 4.69) is 12.2 Å². The highest BCUT2D eigenvalue weighted by molar-refractivity contribution is 6.02. The van der Waals surface area contributed by atoms with Gasteiger partial charge < -0.3 is 10.1 Å². The van der Waals surface area contributed by atoms with Gasteiger partial charge in [0.25, 0.3) is 0 Å². The number of amides is 1. The first-order valence-corrected chi connectivity index (χ1v) is 7.46. The zero-order chi connectivity index (χ0) is 15.8. The SMILES string of the molecule is CCCOc1ccc(NC(=O)/C=C/c2ccccc2)c(C)c1. The maximum absolute atomic E-state index is 12.0. The van der Waals surface area contributed by atoms with E-state index in [1.54, 1.807) is 6.08 Å². The van der Waals surface area contributed by atoms with Crippen LogP contribution in [0.5, 0.6) is 5.75 Å². The molecule has 22 heavy (non-hydrogen) atoms. The zero-order valence-corrected chi connectivity index (χ0v) is 13.0. The van der Waals surface area contributed by atoms with E-state index >= 15 is 0 Å². The Morgan fingerprint density at radius 2 is 1.95 bits per heavy atom. The number of aryl methyl sites for hydroxylation is 1. The van der Waals surface area contributed by atoms with Crippen LogP contribution in [0.25, 0.3) is 6.08 Å². The quantitative estimate of drug-likeness (QED) is 0.800. The minimum Gasteiger partial charge on any atom is -0.494 e. The number of hydrogen-bond acceptors (Lipinski definition) is 2. The summed E-state index contributed by atoms with van der Waals surface area (Å²) >= 11 is 0. The third kappa shape index (κ3) is 4.77. The molecule has 0 bridgehead atoms. The van der Waals surface area contributed by atoms with Gasteiger partial charge in [0, 0.05) is 11.8 Å². The van der Waals surface area contributed by atoms with Crippen LogP contribution in [-0.2, 0) is 4.79 Å². The summed E-state index contributed by atoms with van der Waals surface area (Å²) in [6.07, 6.45) is 4.31. The van der Waals surface area contributed by atoms with Gasteiger partial charge in [0.2, 0.25) is 5.91 Å². The van der Waals surface area contributed by atoms with Gasteiger partial charge in [-0.1, -0.05) is 37.3 Å². The van der Waals surface area contributed by atoms with Crippen LogP contribution in [-0.4, -0.2) is 12.5 Å². The van der Waals surface area contributed by atoms with Crippen LogP contribution in [0, 0.1) is 6.92 Å². The summed E-state index contributed by atoms with van der Waals surface area (Å²) in [7, 11) is 0. The van der Waals surface area contributed by atoms with Gasteiger partial charge >= 0.3 is 0 Å². The Morgan fingerprint density at radius 3 is 2.64 bits per heavy atom. The predicted molar refractivity (Wildman–Crippen MR) is 91.1 cm³/mol. The molecule has 0 radical (unpaired) electrons. The molecular weight excluding hydrogens is 274 g/mol. The number of carbonyl (C=O) groups excluding carboxylic acids is 1. The molecule has 2 rings (SSSR count). The first-order chi connectivity index (χ1) is 10.7. The van der Waals surface area contributed by atoms with Crippen molar-refractivity contribution in [3.8, 4) is 5.75 Å². The van der Waals surface area contributed by atoms with Crippen LogP contribution in [0.2, 0.25) is 0 Å². The lowest BCUT2D eigenvalue weighted by atomic mass is 10.2. The van der Waals surface area contributed by atoms with Gasteiger partial charge in [0.05, 0.1) is 6.61 Å². The number of benzene rings is 2. The summed E-state index contributed by atoms with van der Waals surface area (Å²) in [5, 5.41) is 2.88. The lowest BCUT2D eigenvalue weighted by molar-refractivity contribution is -0.111. The van der Waals surface area contributed by atoms with Crippen molar-refractivity contribution in [2.75, 3.05) is 11.9 Å². The maximum Gasteiger partial charge on any atom is 0.248 e. The second kappa shape index (κ2) is 8.03. The topological polar surface area (TPSA) is 38.3 Å². The molecule has 0 aliphatic carbocycles. The fourth-order valence-corrected chi connectivity index (χ4v) is 2.00. The molecule has 0 fully saturated rings. The molecule has 0 spiro atoms. The third-order valence-electron chi connectivity index (χ3n) is 3.16. The average Bonchev–Trinajstić information content (AvgIpc) is 2.54. The Morgan fingerprint density at radius 1 is 1.18 bits per heavy atom. The highest BCUT2D eigenvalue weighted by Gasteiger charge is 2.03. The number of anilines is 1. The molecule has 2 aromatic carbocycles. The maximum atomic E-state index is 12.0. The number of rotatable bonds is 6. The van der Waals surface area contributed by atoms with Crippen molar-refractivity contribution in [1.82, 2.24) is 0 Å². The smallest absolute Gasteiger partial charge is 0.248 e. The van der Waals surface area contributed by atoms with Crippen molar-refractivity contribution in [2.45, 2.75) is 20.3 Å². The number of carbonyl (C=O) groups is 1. The molecule has 0 aliphatic heterocycles. The molecule has 3 nitrogen and oxygen atoms in total. The fourth-order valence-electron chi connectivity index (χ4n) is 2.00. The summed E-state index contributed by atoms with van der Waals surface area (Å²) in [4.78, 5) is 12.0. The van der Waals surface area contributed by atoms with Crippen LogP contribution >= 0.6 is 0 Å². The van der Waals surface area contributed by atoms with Crippen LogP contribution in [0.15, 0.2) is 54.6 Å². The first kappa shape index (κ1) is 15.8. The van der Waals surface area contributed by atoms with Crippen LogP contribution in [0.1, 0.15) is 24.5 Å². The van der Waals surface area contributed by atoms with Crippen molar-refractivity contribution in [3.63, 3.8) is 0 Å². The van der Waals surface area contributed by atoms with Crippen LogP contribution in [0.3, 0.4) is 0 Å². The molecule has 1 amide bonds. The summed E-state index contributed by atoms with van der Waals surface area (Å²) in [5.41, 5.74) is 2.78. The predicted octanol–water partition coefficient (Wildman–Crippen LogP) is 4.44. The second-order valence-corrected chi connectivity index (χ2v) is 5.06. The molecular formula is C19H21NO2. The van der Waals surface area contributed by atoms with E-state index in [4.69, 9.17) is 4.74 Å². The molecule has 0 aliphatic rings. The minimum absolute atomic E-state index is 0.144.